The first-order valence-electron chi connectivity index (χ1n) is 4.98. The molecule has 2 heteroatoms. The third-order valence-electron chi connectivity index (χ3n) is 2.74. The van der Waals surface area contributed by atoms with Crippen LogP contribution < -0.4 is 0 Å². The van der Waals surface area contributed by atoms with Gasteiger partial charge >= 0.3 is 0 Å². The van der Waals surface area contributed by atoms with Crippen molar-refractivity contribution in [3.05, 3.63) is 34.9 Å². The summed E-state index contributed by atoms with van der Waals surface area (Å²) in [6.45, 7) is 1.72. The summed E-state index contributed by atoms with van der Waals surface area (Å²) in [4.78, 5) is 11.6. The number of ketones is 1. The molecule has 1 aromatic rings. The Morgan fingerprint density at radius 1 is 1.36 bits per heavy atom. The molecule has 1 aromatic carbocycles. The van der Waals surface area contributed by atoms with Gasteiger partial charge in [-0.25, -0.2) is 0 Å². The standard InChI is InChI=1S/C12H13ClO/c1-8(13)12(14)11-6-5-9-3-2-4-10(9)7-11/h5-8H,2-4H2,1H3/t8-/m1/s1. The SMILES string of the molecule is C[C@@H](Cl)C(=O)c1ccc2c(c1)CCC2. The van der Waals surface area contributed by atoms with Crippen LogP contribution in [0.15, 0.2) is 18.2 Å². The highest BCUT2D eigenvalue weighted by Crippen LogP contribution is 2.23. The lowest BCUT2D eigenvalue weighted by atomic mass is 10.0. The Morgan fingerprint density at radius 2 is 2.07 bits per heavy atom. The number of carbonyl (C=O) groups is 1. The molecule has 0 aromatic heterocycles. The van der Waals surface area contributed by atoms with E-state index in [0.717, 1.165) is 18.4 Å². The largest absolute Gasteiger partial charge is 0.293 e. The summed E-state index contributed by atoms with van der Waals surface area (Å²) in [5.74, 6) is 0.0290. The van der Waals surface area contributed by atoms with Crippen molar-refractivity contribution in [3.63, 3.8) is 0 Å². The van der Waals surface area contributed by atoms with Crippen LogP contribution in [0, 0.1) is 0 Å². The van der Waals surface area contributed by atoms with Crippen LogP contribution in [0.1, 0.15) is 34.8 Å². The molecule has 0 radical (unpaired) electrons. The van der Waals surface area contributed by atoms with Crippen LogP contribution in [0.2, 0.25) is 0 Å². The van der Waals surface area contributed by atoms with Gasteiger partial charge in [0.1, 0.15) is 0 Å². The Kier molecular flexibility index (Phi) is 2.60. The number of rotatable bonds is 2. The van der Waals surface area contributed by atoms with E-state index in [1.807, 2.05) is 12.1 Å². The van der Waals surface area contributed by atoms with E-state index >= 15 is 0 Å². The van der Waals surface area contributed by atoms with Gasteiger partial charge in [0, 0.05) is 5.56 Å². The van der Waals surface area contributed by atoms with E-state index in [1.165, 1.54) is 17.5 Å². The van der Waals surface area contributed by atoms with Crippen LogP contribution in [0.4, 0.5) is 0 Å². The topological polar surface area (TPSA) is 17.1 Å². The van der Waals surface area contributed by atoms with Crippen LogP contribution in [-0.4, -0.2) is 11.2 Å². The molecule has 74 valence electrons. The van der Waals surface area contributed by atoms with Crippen molar-refractivity contribution in [2.24, 2.45) is 0 Å². The molecule has 14 heavy (non-hydrogen) atoms. The zero-order valence-electron chi connectivity index (χ0n) is 8.22. The maximum atomic E-state index is 11.6. The van der Waals surface area contributed by atoms with Gasteiger partial charge < -0.3 is 0 Å². The van der Waals surface area contributed by atoms with E-state index in [-0.39, 0.29) is 5.78 Å². The smallest absolute Gasteiger partial charge is 0.180 e. The third-order valence-corrected chi connectivity index (χ3v) is 2.94. The number of benzene rings is 1. The molecule has 1 aliphatic rings. The predicted molar refractivity (Wildman–Crippen MR) is 58.1 cm³/mol. The highest BCUT2D eigenvalue weighted by molar-refractivity contribution is 6.33. The number of halogens is 1. The van der Waals surface area contributed by atoms with Gasteiger partial charge in [-0.3, -0.25) is 4.79 Å². The van der Waals surface area contributed by atoms with Gasteiger partial charge in [-0.2, -0.15) is 0 Å². The first-order valence-corrected chi connectivity index (χ1v) is 5.42. The van der Waals surface area contributed by atoms with E-state index in [4.69, 9.17) is 11.6 Å². The molecule has 0 aliphatic heterocycles. The van der Waals surface area contributed by atoms with Crippen LogP contribution in [0.25, 0.3) is 0 Å². The van der Waals surface area contributed by atoms with Gasteiger partial charge in [0.25, 0.3) is 0 Å². The van der Waals surface area contributed by atoms with Gasteiger partial charge in [-0.05, 0) is 43.4 Å². The average molecular weight is 209 g/mol. The lowest BCUT2D eigenvalue weighted by molar-refractivity contribution is 0.0991. The van der Waals surface area contributed by atoms with Crippen molar-refractivity contribution in [1.82, 2.24) is 0 Å². The molecule has 1 nitrogen and oxygen atoms in total. The van der Waals surface area contributed by atoms with Gasteiger partial charge in [0.15, 0.2) is 5.78 Å². The second-order valence-corrected chi connectivity index (χ2v) is 4.47. The van der Waals surface area contributed by atoms with Crippen LogP contribution in [0.5, 0.6) is 0 Å². The van der Waals surface area contributed by atoms with Crippen molar-refractivity contribution in [1.29, 1.82) is 0 Å². The summed E-state index contributed by atoms with van der Waals surface area (Å²) in [5, 5.41) is -0.422. The fraction of sp³-hybridized carbons (Fsp3) is 0.417. The first kappa shape index (κ1) is 9.72. The Hall–Kier alpha value is -0.820. The molecule has 0 fully saturated rings. The number of Topliss-reactive ketones (excluding diaryl/α,β-unsaturated/α-hetero) is 1. The summed E-state index contributed by atoms with van der Waals surface area (Å²) in [6.07, 6.45) is 3.47. The molecule has 0 saturated carbocycles. The van der Waals surface area contributed by atoms with Crippen molar-refractivity contribution in [2.45, 2.75) is 31.6 Å². The van der Waals surface area contributed by atoms with E-state index < -0.39 is 5.38 Å². The summed E-state index contributed by atoms with van der Waals surface area (Å²) in [6, 6.07) is 5.96. The molecular formula is C12H13ClO. The number of carbonyl (C=O) groups excluding carboxylic acids is 1. The lowest BCUT2D eigenvalue weighted by Crippen LogP contribution is -2.10. The van der Waals surface area contributed by atoms with Gasteiger partial charge in [-0.15, -0.1) is 11.6 Å². The molecule has 1 atom stereocenters. The van der Waals surface area contributed by atoms with Gasteiger partial charge in [0.2, 0.25) is 0 Å². The molecule has 0 N–H and O–H groups in total. The zero-order chi connectivity index (χ0) is 10.1. The maximum Gasteiger partial charge on any atom is 0.180 e. The number of alkyl halides is 1. The summed E-state index contributed by atoms with van der Waals surface area (Å²) in [7, 11) is 0. The molecule has 0 saturated heterocycles. The third kappa shape index (κ3) is 1.69. The minimum Gasteiger partial charge on any atom is -0.293 e. The molecule has 1 aliphatic carbocycles. The number of hydrogen-bond acceptors (Lipinski definition) is 1. The van der Waals surface area contributed by atoms with Gasteiger partial charge in [-0.1, -0.05) is 12.1 Å². The fourth-order valence-corrected chi connectivity index (χ4v) is 2.08. The maximum absolute atomic E-state index is 11.6. The number of fused-ring (bicyclic) bond motifs is 1. The molecular weight excluding hydrogens is 196 g/mol. The van der Waals surface area contributed by atoms with Gasteiger partial charge in [0.05, 0.1) is 5.38 Å². The Bertz CT molecular complexity index is 369. The van der Waals surface area contributed by atoms with Crippen molar-refractivity contribution in [3.8, 4) is 0 Å². The average Bonchev–Trinajstić information content (AvgIpc) is 2.62. The highest BCUT2D eigenvalue weighted by Gasteiger charge is 2.16. The second kappa shape index (κ2) is 3.74. The van der Waals surface area contributed by atoms with Crippen LogP contribution >= 0.6 is 11.6 Å². The minimum absolute atomic E-state index is 0.0290. The Balaban J connectivity index is 2.33. The van der Waals surface area contributed by atoms with Crippen LogP contribution in [0.3, 0.4) is 0 Å². The highest BCUT2D eigenvalue weighted by atomic mass is 35.5. The molecule has 2 rings (SSSR count). The van der Waals surface area contributed by atoms with E-state index in [1.54, 1.807) is 6.92 Å². The van der Waals surface area contributed by atoms with Crippen molar-refractivity contribution in [2.75, 3.05) is 0 Å². The van der Waals surface area contributed by atoms with Crippen LogP contribution in [-0.2, 0) is 12.8 Å². The minimum atomic E-state index is -0.422. The molecule has 0 spiro atoms. The molecule has 0 bridgehead atoms. The zero-order valence-corrected chi connectivity index (χ0v) is 8.97. The Morgan fingerprint density at radius 3 is 2.79 bits per heavy atom. The second-order valence-electron chi connectivity index (χ2n) is 3.82. The summed E-state index contributed by atoms with van der Waals surface area (Å²) in [5.41, 5.74) is 3.48. The predicted octanol–water partition coefficient (Wildman–Crippen LogP) is 2.99. The normalized spacial score (nSPS) is 16.4. The van der Waals surface area contributed by atoms with Crippen molar-refractivity contribution >= 4 is 17.4 Å². The first-order chi connectivity index (χ1) is 6.68. The fourth-order valence-electron chi connectivity index (χ4n) is 1.95. The molecule has 0 unspecified atom stereocenters. The molecule has 0 heterocycles. The van der Waals surface area contributed by atoms with E-state index in [9.17, 15) is 4.79 Å². The molecule has 0 amide bonds. The Labute approximate surface area is 89.1 Å². The quantitative estimate of drug-likeness (QED) is 0.540. The number of hydrogen-bond donors (Lipinski definition) is 0. The lowest BCUT2D eigenvalue weighted by Gasteiger charge is -2.05. The summed E-state index contributed by atoms with van der Waals surface area (Å²) < 4.78 is 0. The number of aryl methyl sites for hydroxylation is 2. The van der Waals surface area contributed by atoms with E-state index in [0.29, 0.717) is 0 Å². The monoisotopic (exact) mass is 208 g/mol. The van der Waals surface area contributed by atoms with E-state index in [2.05, 4.69) is 6.07 Å². The summed E-state index contributed by atoms with van der Waals surface area (Å²) >= 11 is 5.76. The van der Waals surface area contributed by atoms with Crippen molar-refractivity contribution < 1.29 is 4.79 Å².